The van der Waals surface area contributed by atoms with Gasteiger partial charge in [-0.2, -0.15) is 0 Å². The third kappa shape index (κ3) is 1.27. The molecule has 1 aliphatic carbocycles. The number of rotatable bonds is 0. The molecule has 0 radical (unpaired) electrons. The average molecular weight is 210 g/mol. The quantitative estimate of drug-likeness (QED) is 0.626. The van der Waals surface area contributed by atoms with Crippen molar-refractivity contribution < 1.29 is 9.59 Å². The lowest BCUT2D eigenvalue weighted by Crippen LogP contribution is -2.19. The fourth-order valence-electron chi connectivity index (χ4n) is 2.34. The number of Topliss-reactive ketones (excluding diaryl/α,β-unsaturated/α-hetero) is 2. The lowest BCUT2D eigenvalue weighted by atomic mass is 9.86. The third-order valence-corrected chi connectivity index (χ3v) is 3.04. The van der Waals surface area contributed by atoms with Gasteiger partial charge in [-0.1, -0.05) is 36.4 Å². The predicted octanol–water partition coefficient (Wildman–Crippen LogP) is 2.54. The Kier molecular flexibility index (Phi) is 1.90. The summed E-state index contributed by atoms with van der Waals surface area (Å²) in [7, 11) is 0. The maximum absolute atomic E-state index is 11.9. The molecule has 0 heterocycles. The van der Waals surface area contributed by atoms with E-state index >= 15 is 0 Å². The predicted molar refractivity (Wildman–Crippen MR) is 61.6 cm³/mol. The van der Waals surface area contributed by atoms with Crippen LogP contribution in [0.5, 0.6) is 0 Å². The number of carbonyl (C=O) groups excluding carboxylic acids is 2. The summed E-state index contributed by atoms with van der Waals surface area (Å²) in [5.41, 5.74) is 1.62. The number of benzene rings is 2. The molecule has 0 N–H and O–H groups in total. The topological polar surface area (TPSA) is 34.1 Å². The fraction of sp³-hybridized carbons (Fsp3) is 0.143. The molecule has 0 aliphatic heterocycles. The molecule has 2 aromatic rings. The van der Waals surface area contributed by atoms with Crippen molar-refractivity contribution in [1.29, 1.82) is 0 Å². The van der Waals surface area contributed by atoms with Gasteiger partial charge in [0.25, 0.3) is 0 Å². The molecule has 16 heavy (non-hydrogen) atoms. The molecule has 2 nitrogen and oxygen atoms in total. The normalized spacial score (nSPS) is 15.2. The van der Waals surface area contributed by atoms with Crippen LogP contribution in [0.4, 0.5) is 0 Å². The summed E-state index contributed by atoms with van der Waals surface area (Å²) >= 11 is 0. The first kappa shape index (κ1) is 9.28. The van der Waals surface area contributed by atoms with Gasteiger partial charge in [0.05, 0.1) is 6.42 Å². The molecule has 2 heteroatoms. The van der Waals surface area contributed by atoms with Crippen LogP contribution in [0, 0.1) is 0 Å². The summed E-state index contributed by atoms with van der Waals surface area (Å²) in [6, 6.07) is 11.7. The van der Waals surface area contributed by atoms with E-state index < -0.39 is 0 Å². The molecule has 0 spiro atoms. The zero-order chi connectivity index (χ0) is 11.1. The molecule has 0 saturated carbocycles. The van der Waals surface area contributed by atoms with Crippen molar-refractivity contribution >= 4 is 22.3 Å². The van der Waals surface area contributed by atoms with Crippen molar-refractivity contribution in [2.75, 3.05) is 0 Å². The third-order valence-electron chi connectivity index (χ3n) is 3.04. The monoisotopic (exact) mass is 210 g/mol. The minimum Gasteiger partial charge on any atom is -0.299 e. The van der Waals surface area contributed by atoms with Crippen molar-refractivity contribution in [1.82, 2.24) is 0 Å². The highest BCUT2D eigenvalue weighted by atomic mass is 16.1. The summed E-state index contributed by atoms with van der Waals surface area (Å²) in [5, 5.41) is 2.03. The van der Waals surface area contributed by atoms with Crippen LogP contribution >= 0.6 is 0 Å². The molecular formula is C14H10O2. The van der Waals surface area contributed by atoms with Gasteiger partial charge in [0.1, 0.15) is 5.78 Å². The largest absolute Gasteiger partial charge is 0.299 e. The van der Waals surface area contributed by atoms with E-state index in [1.807, 2.05) is 36.4 Å². The van der Waals surface area contributed by atoms with E-state index in [-0.39, 0.29) is 18.0 Å². The number of hydrogen-bond donors (Lipinski definition) is 0. The molecule has 1 aliphatic rings. The van der Waals surface area contributed by atoms with Gasteiger partial charge in [-0.25, -0.2) is 0 Å². The molecule has 0 amide bonds. The first-order valence-electron chi connectivity index (χ1n) is 5.31. The number of carbonyl (C=O) groups is 2. The van der Waals surface area contributed by atoms with Gasteiger partial charge in [0, 0.05) is 12.0 Å². The van der Waals surface area contributed by atoms with Crippen molar-refractivity contribution in [3.8, 4) is 0 Å². The standard InChI is InChI=1S/C14H10O2/c15-11-7-10-6-5-9-3-1-2-4-12(9)14(10)13(16)8-11/h1-6H,7-8H2. The zero-order valence-corrected chi connectivity index (χ0v) is 8.69. The SMILES string of the molecule is O=C1CC(=O)c2c(ccc3ccccc23)C1. The Bertz CT molecular complexity index is 611. The first-order chi connectivity index (χ1) is 7.75. The van der Waals surface area contributed by atoms with Gasteiger partial charge >= 0.3 is 0 Å². The maximum atomic E-state index is 11.9. The summed E-state index contributed by atoms with van der Waals surface area (Å²) in [4.78, 5) is 23.2. The van der Waals surface area contributed by atoms with Crippen molar-refractivity contribution in [3.05, 3.63) is 47.5 Å². The second-order valence-corrected chi connectivity index (χ2v) is 4.14. The molecule has 0 fully saturated rings. The van der Waals surface area contributed by atoms with E-state index in [1.165, 1.54) is 0 Å². The van der Waals surface area contributed by atoms with Gasteiger partial charge in [0.15, 0.2) is 5.78 Å². The molecule has 0 atom stereocenters. The van der Waals surface area contributed by atoms with E-state index in [0.717, 1.165) is 21.9 Å². The number of fused-ring (bicyclic) bond motifs is 3. The molecule has 0 unspecified atom stereocenters. The highest BCUT2D eigenvalue weighted by molar-refractivity contribution is 6.18. The van der Waals surface area contributed by atoms with E-state index in [0.29, 0.717) is 6.42 Å². The average Bonchev–Trinajstić information content (AvgIpc) is 2.28. The van der Waals surface area contributed by atoms with E-state index in [2.05, 4.69) is 0 Å². The highest BCUT2D eigenvalue weighted by Crippen LogP contribution is 2.27. The van der Waals surface area contributed by atoms with Gasteiger partial charge in [0.2, 0.25) is 0 Å². The van der Waals surface area contributed by atoms with E-state index in [4.69, 9.17) is 0 Å². The van der Waals surface area contributed by atoms with Crippen LogP contribution in [0.2, 0.25) is 0 Å². The molecule has 2 aromatic carbocycles. The van der Waals surface area contributed by atoms with Crippen molar-refractivity contribution in [2.45, 2.75) is 12.8 Å². The summed E-state index contributed by atoms with van der Waals surface area (Å²) in [6.07, 6.45) is 0.451. The molecule has 0 aromatic heterocycles. The summed E-state index contributed by atoms with van der Waals surface area (Å²) in [6.45, 7) is 0. The molecule has 3 rings (SSSR count). The second-order valence-electron chi connectivity index (χ2n) is 4.14. The number of hydrogen-bond acceptors (Lipinski definition) is 2. The van der Waals surface area contributed by atoms with Crippen LogP contribution in [0.3, 0.4) is 0 Å². The summed E-state index contributed by atoms with van der Waals surface area (Å²) in [5.74, 6) is -0.0177. The molecule has 78 valence electrons. The second kappa shape index (κ2) is 3.27. The lowest BCUT2D eigenvalue weighted by molar-refractivity contribution is -0.117. The Hall–Kier alpha value is -1.96. The Morgan fingerprint density at radius 1 is 0.875 bits per heavy atom. The Morgan fingerprint density at radius 3 is 2.56 bits per heavy atom. The van der Waals surface area contributed by atoms with E-state index in [1.54, 1.807) is 0 Å². The first-order valence-corrected chi connectivity index (χ1v) is 5.31. The maximum Gasteiger partial charge on any atom is 0.171 e. The Balaban J connectivity index is 2.38. The number of ketones is 2. The molecular weight excluding hydrogens is 200 g/mol. The van der Waals surface area contributed by atoms with Crippen LogP contribution < -0.4 is 0 Å². The van der Waals surface area contributed by atoms with E-state index in [9.17, 15) is 9.59 Å². The van der Waals surface area contributed by atoms with Crippen molar-refractivity contribution in [2.24, 2.45) is 0 Å². The van der Waals surface area contributed by atoms with Crippen LogP contribution in [-0.2, 0) is 11.2 Å². The van der Waals surface area contributed by atoms with Gasteiger partial charge in [-0.15, -0.1) is 0 Å². The minimum atomic E-state index is -0.0388. The molecule has 0 bridgehead atoms. The van der Waals surface area contributed by atoms with Gasteiger partial charge < -0.3 is 0 Å². The van der Waals surface area contributed by atoms with Crippen molar-refractivity contribution in [3.63, 3.8) is 0 Å². The Morgan fingerprint density at radius 2 is 1.69 bits per heavy atom. The van der Waals surface area contributed by atoms with Gasteiger partial charge in [-0.05, 0) is 16.3 Å². The van der Waals surface area contributed by atoms with Crippen LogP contribution in [0.15, 0.2) is 36.4 Å². The highest BCUT2D eigenvalue weighted by Gasteiger charge is 2.24. The zero-order valence-electron chi connectivity index (χ0n) is 8.69. The smallest absolute Gasteiger partial charge is 0.171 e. The molecule has 0 saturated heterocycles. The Labute approximate surface area is 92.9 Å². The fourth-order valence-corrected chi connectivity index (χ4v) is 2.34. The van der Waals surface area contributed by atoms with Gasteiger partial charge in [-0.3, -0.25) is 9.59 Å². The van der Waals surface area contributed by atoms with Crippen LogP contribution in [-0.4, -0.2) is 11.6 Å². The minimum absolute atomic E-state index is 0.0211. The summed E-state index contributed by atoms with van der Waals surface area (Å²) < 4.78 is 0. The van der Waals surface area contributed by atoms with Crippen LogP contribution in [0.25, 0.3) is 10.8 Å². The van der Waals surface area contributed by atoms with Crippen LogP contribution in [0.1, 0.15) is 22.3 Å². The lowest BCUT2D eigenvalue weighted by Gasteiger charge is -2.15.